The number of rotatable bonds is 3. The number of fused-ring (bicyclic) bond motifs is 1. The van der Waals surface area contributed by atoms with E-state index in [9.17, 15) is 26.4 Å². The Hall–Kier alpha value is -2.27. The minimum absolute atomic E-state index is 0.0869. The maximum Gasteiger partial charge on any atom is 0.391 e. The zero-order chi connectivity index (χ0) is 20.8. The molecule has 1 aliphatic heterocycles. The van der Waals surface area contributed by atoms with Crippen LogP contribution in [0.25, 0.3) is 11.5 Å². The van der Waals surface area contributed by atoms with Gasteiger partial charge < -0.3 is 4.98 Å². The first-order chi connectivity index (χ1) is 13.7. The van der Waals surface area contributed by atoms with E-state index in [0.717, 1.165) is 10.7 Å². The van der Waals surface area contributed by atoms with Crippen LogP contribution in [-0.2, 0) is 22.9 Å². The summed E-state index contributed by atoms with van der Waals surface area (Å²) >= 11 is 0. The maximum absolute atomic E-state index is 12.9. The van der Waals surface area contributed by atoms with E-state index in [2.05, 4.69) is 15.0 Å². The second kappa shape index (κ2) is 7.21. The third-order valence-electron chi connectivity index (χ3n) is 5.47. The monoisotopic (exact) mass is 428 g/mol. The number of nitrogens with zero attached hydrogens (tertiary/aromatic N) is 3. The number of aryl methyl sites for hydroxylation is 1. The molecule has 1 fully saturated rings. The molecule has 2 aromatic rings. The number of sulfonamides is 1. The molecule has 156 valence electrons. The van der Waals surface area contributed by atoms with E-state index in [1.165, 1.54) is 18.3 Å². The van der Waals surface area contributed by atoms with Crippen molar-refractivity contribution in [3.8, 4) is 11.5 Å². The number of halogens is 3. The Labute approximate surface area is 165 Å². The van der Waals surface area contributed by atoms with Crippen LogP contribution in [-0.4, -0.2) is 46.9 Å². The summed E-state index contributed by atoms with van der Waals surface area (Å²) in [7, 11) is -3.98. The van der Waals surface area contributed by atoms with Crippen LogP contribution in [0.1, 0.15) is 30.5 Å². The van der Waals surface area contributed by atoms with Crippen LogP contribution >= 0.6 is 0 Å². The van der Waals surface area contributed by atoms with Gasteiger partial charge in [0.1, 0.15) is 5.69 Å². The fourth-order valence-corrected chi connectivity index (χ4v) is 5.32. The summed E-state index contributed by atoms with van der Waals surface area (Å²) in [5.41, 5.74) is 1.27. The number of nitrogens with one attached hydrogen (secondary N) is 1. The van der Waals surface area contributed by atoms with Gasteiger partial charge in [0.05, 0.1) is 16.5 Å². The fraction of sp³-hybridized carbons (Fsp3) is 0.500. The summed E-state index contributed by atoms with van der Waals surface area (Å²) in [6, 6.07) is 2.59. The van der Waals surface area contributed by atoms with Crippen molar-refractivity contribution >= 4 is 10.0 Å². The first kappa shape index (κ1) is 20.0. The lowest BCUT2D eigenvalue weighted by Gasteiger charge is -2.32. The Morgan fingerprint density at radius 2 is 1.90 bits per heavy atom. The van der Waals surface area contributed by atoms with Gasteiger partial charge in [0, 0.05) is 24.8 Å². The smallest absolute Gasteiger partial charge is 0.305 e. The standard InChI is InChI=1S/C18H19F3N4O3S/c19-18(20,21)11-5-8-25(9-6-11)29(27,28)12-4-7-22-15(10-12)16-23-14-3-1-2-13(14)17(26)24-16/h4,7,10-11H,1-3,5-6,8-9H2,(H,23,24,26). The van der Waals surface area contributed by atoms with Crippen LogP contribution in [0, 0.1) is 5.92 Å². The molecule has 2 aliphatic rings. The first-order valence-corrected chi connectivity index (χ1v) is 10.8. The van der Waals surface area contributed by atoms with Gasteiger partial charge in [-0.15, -0.1) is 0 Å². The lowest BCUT2D eigenvalue weighted by atomic mass is 9.98. The zero-order valence-corrected chi connectivity index (χ0v) is 16.2. The van der Waals surface area contributed by atoms with Crippen molar-refractivity contribution < 1.29 is 21.6 Å². The first-order valence-electron chi connectivity index (χ1n) is 9.31. The van der Waals surface area contributed by atoms with Crippen molar-refractivity contribution in [1.29, 1.82) is 0 Å². The molecule has 0 amide bonds. The highest BCUT2D eigenvalue weighted by Crippen LogP contribution is 2.35. The number of piperidine rings is 1. The molecule has 3 heterocycles. The van der Waals surface area contributed by atoms with E-state index >= 15 is 0 Å². The van der Waals surface area contributed by atoms with Crippen molar-refractivity contribution in [2.45, 2.75) is 43.2 Å². The minimum Gasteiger partial charge on any atom is -0.305 e. The number of hydrogen-bond donors (Lipinski definition) is 1. The molecule has 0 spiro atoms. The Balaban J connectivity index is 1.61. The second-order valence-corrected chi connectivity index (χ2v) is 9.23. The average Bonchev–Trinajstić information content (AvgIpc) is 3.17. The third kappa shape index (κ3) is 3.80. The fourth-order valence-electron chi connectivity index (χ4n) is 3.84. The average molecular weight is 428 g/mol. The van der Waals surface area contributed by atoms with E-state index in [1.807, 2.05) is 0 Å². The molecule has 2 aromatic heterocycles. The van der Waals surface area contributed by atoms with Gasteiger partial charge in [-0.05, 0) is 44.2 Å². The third-order valence-corrected chi connectivity index (χ3v) is 7.36. The van der Waals surface area contributed by atoms with E-state index in [-0.39, 0.29) is 47.9 Å². The summed E-state index contributed by atoms with van der Waals surface area (Å²) < 4.78 is 65.4. The van der Waals surface area contributed by atoms with Gasteiger partial charge >= 0.3 is 6.18 Å². The van der Waals surface area contributed by atoms with Gasteiger partial charge in [-0.1, -0.05) is 0 Å². The SMILES string of the molecule is O=c1[nH]c(-c2cc(S(=O)(=O)N3CCC(C(F)(F)F)CC3)ccn2)nc2c1CCC2. The van der Waals surface area contributed by atoms with Crippen LogP contribution in [0.15, 0.2) is 28.0 Å². The summed E-state index contributed by atoms with van der Waals surface area (Å²) in [5, 5.41) is 0. The molecule has 0 saturated carbocycles. The quantitative estimate of drug-likeness (QED) is 0.809. The number of H-pyrrole nitrogens is 1. The molecule has 29 heavy (non-hydrogen) atoms. The predicted molar refractivity (Wildman–Crippen MR) is 97.7 cm³/mol. The summed E-state index contributed by atoms with van der Waals surface area (Å²) in [5.74, 6) is -1.30. The topological polar surface area (TPSA) is 96.0 Å². The molecule has 7 nitrogen and oxygen atoms in total. The van der Waals surface area contributed by atoms with Crippen LogP contribution in [0.2, 0.25) is 0 Å². The summed E-state index contributed by atoms with van der Waals surface area (Å²) in [4.78, 5) is 23.3. The van der Waals surface area contributed by atoms with Crippen LogP contribution < -0.4 is 5.56 Å². The van der Waals surface area contributed by atoms with Crippen LogP contribution in [0.5, 0.6) is 0 Å². The predicted octanol–water partition coefficient (Wildman–Crippen LogP) is 2.28. The maximum atomic E-state index is 12.9. The highest BCUT2D eigenvalue weighted by molar-refractivity contribution is 7.89. The van der Waals surface area contributed by atoms with Crippen LogP contribution in [0.3, 0.4) is 0 Å². The molecule has 1 N–H and O–H groups in total. The lowest BCUT2D eigenvalue weighted by Crippen LogP contribution is -2.42. The molecule has 0 atom stereocenters. The molecular formula is C18H19F3N4O3S. The molecule has 11 heteroatoms. The van der Waals surface area contributed by atoms with Gasteiger partial charge in [0.15, 0.2) is 5.82 Å². The number of aromatic amines is 1. The van der Waals surface area contributed by atoms with Gasteiger partial charge in [-0.2, -0.15) is 17.5 Å². The summed E-state index contributed by atoms with van der Waals surface area (Å²) in [6.07, 6.45) is -1.37. The Morgan fingerprint density at radius 3 is 2.59 bits per heavy atom. The lowest BCUT2D eigenvalue weighted by molar-refractivity contribution is -0.182. The molecule has 1 aliphatic carbocycles. The zero-order valence-electron chi connectivity index (χ0n) is 15.4. The molecular weight excluding hydrogens is 409 g/mol. The van der Waals surface area contributed by atoms with E-state index in [0.29, 0.717) is 24.1 Å². The van der Waals surface area contributed by atoms with Crippen molar-refractivity contribution in [1.82, 2.24) is 19.3 Å². The molecule has 4 rings (SSSR count). The number of alkyl halides is 3. The normalized spacial score (nSPS) is 18.7. The minimum atomic E-state index is -4.31. The Morgan fingerprint density at radius 1 is 1.17 bits per heavy atom. The number of hydrogen-bond acceptors (Lipinski definition) is 5. The Kier molecular flexibility index (Phi) is 4.97. The molecule has 1 saturated heterocycles. The van der Waals surface area contributed by atoms with Crippen LogP contribution in [0.4, 0.5) is 13.2 Å². The largest absolute Gasteiger partial charge is 0.391 e. The highest BCUT2D eigenvalue weighted by atomic mass is 32.2. The van der Waals surface area contributed by atoms with Gasteiger partial charge in [-0.25, -0.2) is 13.4 Å². The molecule has 0 radical (unpaired) electrons. The highest BCUT2D eigenvalue weighted by Gasteiger charge is 2.43. The van der Waals surface area contributed by atoms with Crippen molar-refractivity contribution in [3.63, 3.8) is 0 Å². The number of pyridine rings is 1. The number of aromatic nitrogens is 3. The van der Waals surface area contributed by atoms with E-state index < -0.39 is 22.1 Å². The van der Waals surface area contributed by atoms with Crippen molar-refractivity contribution in [2.24, 2.45) is 5.92 Å². The van der Waals surface area contributed by atoms with E-state index in [1.54, 1.807) is 0 Å². The molecule has 0 bridgehead atoms. The second-order valence-electron chi connectivity index (χ2n) is 7.29. The van der Waals surface area contributed by atoms with Crippen molar-refractivity contribution in [3.05, 3.63) is 39.9 Å². The molecule has 0 unspecified atom stereocenters. The van der Waals surface area contributed by atoms with E-state index in [4.69, 9.17) is 0 Å². The van der Waals surface area contributed by atoms with Gasteiger partial charge in [0.2, 0.25) is 10.0 Å². The van der Waals surface area contributed by atoms with Crippen molar-refractivity contribution in [2.75, 3.05) is 13.1 Å². The summed E-state index contributed by atoms with van der Waals surface area (Å²) in [6.45, 7) is -0.393. The van der Waals surface area contributed by atoms with Gasteiger partial charge in [0.25, 0.3) is 5.56 Å². The van der Waals surface area contributed by atoms with Gasteiger partial charge in [-0.3, -0.25) is 9.78 Å². The Bertz CT molecular complexity index is 1090. The molecule has 0 aromatic carbocycles.